The third kappa shape index (κ3) is 2.98. The number of fused-ring (bicyclic) bond motifs is 1. The molecular weight excluding hydrogens is 356 g/mol. The Bertz CT molecular complexity index is 1150. The van der Waals surface area contributed by atoms with Crippen LogP contribution in [0.3, 0.4) is 0 Å². The van der Waals surface area contributed by atoms with Gasteiger partial charge in [0, 0.05) is 38.4 Å². The summed E-state index contributed by atoms with van der Waals surface area (Å²) in [6, 6.07) is 14.7. The summed E-state index contributed by atoms with van der Waals surface area (Å²) in [5, 5.41) is 8.60. The molecule has 0 saturated carbocycles. The summed E-state index contributed by atoms with van der Waals surface area (Å²) in [5.74, 6) is 2.26. The van der Waals surface area contributed by atoms with Gasteiger partial charge in [0.25, 0.3) is 5.56 Å². The summed E-state index contributed by atoms with van der Waals surface area (Å²) in [4.78, 5) is 21.3. The van der Waals surface area contributed by atoms with E-state index in [-0.39, 0.29) is 5.56 Å². The average Bonchev–Trinajstić information content (AvgIpc) is 3.29. The van der Waals surface area contributed by atoms with Crippen molar-refractivity contribution in [1.82, 2.24) is 19.6 Å². The van der Waals surface area contributed by atoms with Crippen molar-refractivity contribution in [1.29, 1.82) is 0 Å². The first kappa shape index (κ1) is 16.5. The Morgan fingerprint density at radius 2 is 1.68 bits per heavy atom. The molecule has 28 heavy (non-hydrogen) atoms. The van der Waals surface area contributed by atoms with Crippen LogP contribution >= 0.6 is 0 Å². The van der Waals surface area contributed by atoms with E-state index in [1.165, 1.54) is 0 Å². The number of nitrogens with zero attached hydrogens (tertiary/aromatic N) is 6. The smallest absolute Gasteiger partial charge is 0.259 e. The van der Waals surface area contributed by atoms with Crippen molar-refractivity contribution in [3.05, 3.63) is 71.3 Å². The first-order valence-corrected chi connectivity index (χ1v) is 9.14. The van der Waals surface area contributed by atoms with E-state index in [1.807, 2.05) is 42.5 Å². The number of aromatic nitrogens is 4. The summed E-state index contributed by atoms with van der Waals surface area (Å²) >= 11 is 0. The SMILES string of the molecule is O=c1cc(N2CCN(c3ccc(-c4ccco4)nn3)CC2)nc2ccccn12. The fraction of sp³-hybridized carbons (Fsp3) is 0.200. The van der Waals surface area contributed by atoms with Crippen molar-refractivity contribution >= 4 is 17.3 Å². The van der Waals surface area contributed by atoms with Crippen LogP contribution in [0.1, 0.15) is 0 Å². The standard InChI is InChI=1S/C20H18N6O2/c27-20-14-19(21-17-5-1-2-8-26(17)20)25-11-9-24(10-12-25)18-7-6-15(22-23-18)16-4-3-13-28-16/h1-8,13-14H,9-12H2. The highest BCUT2D eigenvalue weighted by molar-refractivity contribution is 5.54. The highest BCUT2D eigenvalue weighted by atomic mass is 16.3. The minimum absolute atomic E-state index is 0.0672. The van der Waals surface area contributed by atoms with E-state index < -0.39 is 0 Å². The van der Waals surface area contributed by atoms with E-state index >= 15 is 0 Å². The van der Waals surface area contributed by atoms with Crippen molar-refractivity contribution < 1.29 is 4.42 Å². The molecule has 8 heteroatoms. The van der Waals surface area contributed by atoms with Crippen LogP contribution in [0.5, 0.6) is 0 Å². The van der Waals surface area contributed by atoms with Crippen LogP contribution in [0.25, 0.3) is 17.1 Å². The highest BCUT2D eigenvalue weighted by Gasteiger charge is 2.20. The summed E-state index contributed by atoms with van der Waals surface area (Å²) < 4.78 is 6.90. The number of hydrogen-bond acceptors (Lipinski definition) is 7. The number of rotatable bonds is 3. The molecule has 0 N–H and O–H groups in total. The Kier molecular flexibility index (Phi) is 4.01. The lowest BCUT2D eigenvalue weighted by Gasteiger charge is -2.35. The molecule has 5 heterocycles. The lowest BCUT2D eigenvalue weighted by molar-refractivity contribution is 0.578. The molecule has 1 aliphatic rings. The minimum atomic E-state index is -0.0672. The molecule has 0 spiro atoms. The van der Waals surface area contributed by atoms with Gasteiger partial charge in [-0.05, 0) is 36.4 Å². The maximum absolute atomic E-state index is 12.3. The molecule has 0 atom stereocenters. The van der Waals surface area contributed by atoms with E-state index in [9.17, 15) is 4.79 Å². The summed E-state index contributed by atoms with van der Waals surface area (Å²) in [5.41, 5.74) is 1.31. The summed E-state index contributed by atoms with van der Waals surface area (Å²) in [7, 11) is 0. The van der Waals surface area contributed by atoms with Gasteiger partial charge in [0.1, 0.15) is 17.2 Å². The fourth-order valence-corrected chi connectivity index (χ4v) is 3.42. The molecule has 0 radical (unpaired) electrons. The van der Waals surface area contributed by atoms with Gasteiger partial charge in [-0.3, -0.25) is 9.20 Å². The second kappa shape index (κ2) is 6.80. The number of anilines is 2. The minimum Gasteiger partial charge on any atom is -0.463 e. The van der Waals surface area contributed by atoms with Crippen LogP contribution in [-0.4, -0.2) is 45.8 Å². The van der Waals surface area contributed by atoms with Crippen LogP contribution < -0.4 is 15.4 Å². The second-order valence-electron chi connectivity index (χ2n) is 6.61. The molecule has 0 bridgehead atoms. The molecular formula is C20H18N6O2. The summed E-state index contributed by atoms with van der Waals surface area (Å²) in [6.45, 7) is 3.09. The summed E-state index contributed by atoms with van der Waals surface area (Å²) in [6.07, 6.45) is 3.36. The lowest BCUT2D eigenvalue weighted by Crippen LogP contribution is -2.47. The van der Waals surface area contributed by atoms with Crippen LogP contribution in [0.4, 0.5) is 11.6 Å². The first-order chi connectivity index (χ1) is 13.8. The Labute approximate surface area is 160 Å². The molecule has 0 aliphatic carbocycles. The molecule has 4 aromatic heterocycles. The number of pyridine rings is 1. The molecule has 0 aromatic carbocycles. The Morgan fingerprint density at radius 1 is 0.857 bits per heavy atom. The Hall–Kier alpha value is -3.68. The van der Waals surface area contributed by atoms with Crippen LogP contribution in [-0.2, 0) is 0 Å². The van der Waals surface area contributed by atoms with Crippen molar-refractivity contribution in [2.45, 2.75) is 0 Å². The Morgan fingerprint density at radius 3 is 2.39 bits per heavy atom. The molecule has 4 aromatic rings. The normalized spacial score (nSPS) is 14.6. The molecule has 8 nitrogen and oxygen atoms in total. The highest BCUT2D eigenvalue weighted by Crippen LogP contribution is 2.20. The van der Waals surface area contributed by atoms with Crippen molar-refractivity contribution in [3.63, 3.8) is 0 Å². The van der Waals surface area contributed by atoms with E-state index in [1.54, 1.807) is 22.9 Å². The maximum Gasteiger partial charge on any atom is 0.259 e. The largest absolute Gasteiger partial charge is 0.463 e. The fourth-order valence-electron chi connectivity index (χ4n) is 3.42. The number of furan rings is 1. The predicted molar refractivity (Wildman–Crippen MR) is 106 cm³/mol. The van der Waals surface area contributed by atoms with Crippen molar-refractivity contribution in [2.75, 3.05) is 36.0 Å². The van der Waals surface area contributed by atoms with Crippen LogP contribution in [0.2, 0.25) is 0 Å². The van der Waals surface area contributed by atoms with Crippen molar-refractivity contribution in [3.8, 4) is 11.5 Å². The molecule has 140 valence electrons. The molecule has 5 rings (SSSR count). The van der Waals surface area contributed by atoms with Gasteiger partial charge in [-0.15, -0.1) is 10.2 Å². The number of hydrogen-bond donors (Lipinski definition) is 0. The number of piperazine rings is 1. The van der Waals surface area contributed by atoms with E-state index in [0.717, 1.165) is 37.8 Å². The zero-order valence-electron chi connectivity index (χ0n) is 15.1. The quantitative estimate of drug-likeness (QED) is 0.543. The second-order valence-corrected chi connectivity index (χ2v) is 6.61. The van der Waals surface area contributed by atoms with Gasteiger partial charge in [0.15, 0.2) is 11.6 Å². The van der Waals surface area contributed by atoms with Gasteiger partial charge in [-0.1, -0.05) is 6.07 Å². The van der Waals surface area contributed by atoms with Gasteiger partial charge in [0.05, 0.1) is 6.26 Å². The Balaban J connectivity index is 1.31. The topological polar surface area (TPSA) is 79.8 Å². The van der Waals surface area contributed by atoms with E-state index in [0.29, 0.717) is 17.1 Å². The van der Waals surface area contributed by atoms with Gasteiger partial charge in [-0.2, -0.15) is 0 Å². The molecule has 1 aliphatic heterocycles. The first-order valence-electron chi connectivity index (χ1n) is 9.14. The average molecular weight is 374 g/mol. The van der Waals surface area contributed by atoms with Gasteiger partial charge in [0.2, 0.25) is 0 Å². The van der Waals surface area contributed by atoms with Gasteiger partial charge in [-0.25, -0.2) is 4.98 Å². The zero-order chi connectivity index (χ0) is 18.9. The third-order valence-corrected chi connectivity index (χ3v) is 4.91. The monoisotopic (exact) mass is 374 g/mol. The van der Waals surface area contributed by atoms with E-state index in [4.69, 9.17) is 4.42 Å². The van der Waals surface area contributed by atoms with Gasteiger partial charge < -0.3 is 14.2 Å². The molecule has 0 unspecified atom stereocenters. The molecule has 0 amide bonds. The molecule has 1 fully saturated rings. The third-order valence-electron chi connectivity index (χ3n) is 4.91. The van der Waals surface area contributed by atoms with Crippen LogP contribution in [0, 0.1) is 0 Å². The lowest BCUT2D eigenvalue weighted by atomic mass is 10.2. The zero-order valence-corrected chi connectivity index (χ0v) is 15.1. The molecule has 1 saturated heterocycles. The maximum atomic E-state index is 12.3. The van der Waals surface area contributed by atoms with E-state index in [2.05, 4.69) is 25.0 Å². The van der Waals surface area contributed by atoms with Crippen molar-refractivity contribution in [2.24, 2.45) is 0 Å². The predicted octanol–water partition coefficient (Wildman–Crippen LogP) is 2.07. The van der Waals surface area contributed by atoms with Crippen LogP contribution in [0.15, 0.2) is 70.2 Å². The van der Waals surface area contributed by atoms with Gasteiger partial charge >= 0.3 is 0 Å².